The fourth-order valence-corrected chi connectivity index (χ4v) is 4.56. The van der Waals surface area contributed by atoms with Crippen LogP contribution in [0.5, 0.6) is 11.6 Å². The van der Waals surface area contributed by atoms with Gasteiger partial charge in [0, 0.05) is 31.9 Å². The molecule has 0 spiro atoms. The van der Waals surface area contributed by atoms with Crippen molar-refractivity contribution in [2.75, 3.05) is 37.2 Å². The summed E-state index contributed by atoms with van der Waals surface area (Å²) in [4.78, 5) is 37.5. The number of carbonyl (C=O) groups is 1. The van der Waals surface area contributed by atoms with Gasteiger partial charge in [-0.3, -0.25) is 9.78 Å². The molecule has 1 N–H and O–H groups in total. The van der Waals surface area contributed by atoms with Crippen LogP contribution in [-0.4, -0.2) is 68.8 Å². The number of hydrogen-bond acceptors (Lipinski definition) is 10. The molecule has 4 aromatic rings. The quantitative estimate of drug-likeness (QED) is 0.279. The minimum atomic E-state index is -0.974. The highest BCUT2D eigenvalue weighted by atomic mass is 35.5. The van der Waals surface area contributed by atoms with Crippen LogP contribution < -0.4 is 19.7 Å². The van der Waals surface area contributed by atoms with Gasteiger partial charge < -0.3 is 24.6 Å². The maximum Gasteiger partial charge on any atom is 0.246 e. The molecule has 1 aliphatic heterocycles. The number of pyridine rings is 1. The van der Waals surface area contributed by atoms with Crippen LogP contribution in [0, 0.1) is 0 Å². The van der Waals surface area contributed by atoms with Gasteiger partial charge in [-0.1, -0.05) is 18.2 Å². The van der Waals surface area contributed by atoms with Gasteiger partial charge in [0.05, 0.1) is 28.6 Å². The number of nitrogens with zero attached hydrogens (tertiary/aromatic N) is 7. The summed E-state index contributed by atoms with van der Waals surface area (Å²) in [7, 11) is 1.97. The normalized spacial score (nSPS) is 14.7. The highest BCUT2D eigenvalue weighted by Crippen LogP contribution is 2.31. The first-order valence-corrected chi connectivity index (χ1v) is 12.8. The number of aromatic nitrogens is 5. The Balaban J connectivity index is 1.29. The first-order valence-electron chi connectivity index (χ1n) is 12.4. The fourth-order valence-electron chi connectivity index (χ4n) is 4.32. The monoisotopic (exact) mass is 564 g/mol. The lowest BCUT2D eigenvalue weighted by atomic mass is 10.2. The van der Waals surface area contributed by atoms with E-state index < -0.39 is 6.86 Å². The van der Waals surface area contributed by atoms with Gasteiger partial charge in [0.25, 0.3) is 0 Å². The Morgan fingerprint density at radius 2 is 2.10 bits per heavy atom. The molecule has 11 nitrogen and oxygen atoms in total. The molecular formula is C27H26ClFN8O3. The first-order chi connectivity index (χ1) is 19.4. The smallest absolute Gasteiger partial charge is 0.246 e. The summed E-state index contributed by atoms with van der Waals surface area (Å²) >= 11 is 6.48. The molecule has 3 aromatic heterocycles. The molecule has 4 heterocycles. The van der Waals surface area contributed by atoms with Crippen LogP contribution in [0.25, 0.3) is 11.0 Å². The van der Waals surface area contributed by atoms with Gasteiger partial charge in [-0.15, -0.1) is 0 Å². The Morgan fingerprint density at radius 3 is 2.85 bits per heavy atom. The number of hydrogen-bond donors (Lipinski definition) is 1. The van der Waals surface area contributed by atoms with E-state index in [1.165, 1.54) is 24.8 Å². The largest absolute Gasteiger partial charge is 0.486 e. The van der Waals surface area contributed by atoms with Gasteiger partial charge in [-0.25, -0.2) is 24.3 Å². The number of nitrogens with one attached hydrogen (secondary N) is 1. The molecule has 1 unspecified atom stereocenters. The first kappa shape index (κ1) is 27.0. The number of alkyl halides is 1. The molecule has 206 valence electrons. The number of likely N-dealkylation sites (N-methyl/N-ethyl adjacent to an activating group) is 1. The maximum absolute atomic E-state index is 12.2. The molecule has 1 aliphatic rings. The molecule has 1 fully saturated rings. The van der Waals surface area contributed by atoms with Gasteiger partial charge in [-0.2, -0.15) is 0 Å². The van der Waals surface area contributed by atoms with E-state index in [1.807, 2.05) is 19.2 Å². The van der Waals surface area contributed by atoms with Gasteiger partial charge in [0.15, 0.2) is 5.82 Å². The molecule has 1 aromatic carbocycles. The molecule has 13 heteroatoms. The van der Waals surface area contributed by atoms with Crippen LogP contribution in [0.2, 0.25) is 5.02 Å². The summed E-state index contributed by atoms with van der Waals surface area (Å²) in [5.74, 6) is 1.75. The van der Waals surface area contributed by atoms with Crippen molar-refractivity contribution < 1.29 is 18.7 Å². The zero-order valence-corrected chi connectivity index (χ0v) is 22.4. The van der Waals surface area contributed by atoms with E-state index in [4.69, 9.17) is 21.3 Å². The number of carbonyl (C=O) groups excluding carboxylic acids is 1. The third-order valence-corrected chi connectivity index (χ3v) is 6.78. The van der Waals surface area contributed by atoms with Crippen LogP contribution in [-0.2, 0) is 11.4 Å². The number of benzene rings is 1. The Kier molecular flexibility index (Phi) is 8.15. The SMILES string of the molecule is C=CC(=O)N1CCC(N(C)c2ccc3ncnc(Nc4ccc(OCc5cnc(OCF)cn5)c(Cl)c4)c3n2)C1. The van der Waals surface area contributed by atoms with Crippen LogP contribution in [0.4, 0.5) is 21.7 Å². The molecular weight excluding hydrogens is 539 g/mol. The number of halogens is 2. The fraction of sp³-hybridized carbons (Fsp3) is 0.259. The average molecular weight is 565 g/mol. The third-order valence-electron chi connectivity index (χ3n) is 6.48. The lowest BCUT2D eigenvalue weighted by molar-refractivity contribution is -0.125. The zero-order chi connectivity index (χ0) is 28.1. The van der Waals surface area contributed by atoms with Gasteiger partial charge in [-0.05, 0) is 42.8 Å². The summed E-state index contributed by atoms with van der Waals surface area (Å²) in [6, 6.07) is 9.18. The van der Waals surface area contributed by atoms with Gasteiger partial charge in [0.1, 0.15) is 30.0 Å². The summed E-state index contributed by atoms with van der Waals surface area (Å²) in [6.07, 6.45) is 6.41. The Labute approximate surface area is 234 Å². The second-order valence-electron chi connectivity index (χ2n) is 8.96. The Bertz CT molecular complexity index is 1520. The number of rotatable bonds is 10. The van der Waals surface area contributed by atoms with E-state index in [0.717, 1.165) is 12.2 Å². The number of amides is 1. The minimum Gasteiger partial charge on any atom is -0.486 e. The summed E-state index contributed by atoms with van der Waals surface area (Å²) in [5, 5.41) is 3.65. The van der Waals surface area contributed by atoms with E-state index in [1.54, 1.807) is 23.1 Å². The molecule has 0 radical (unpaired) electrons. The van der Waals surface area contributed by atoms with Crippen molar-refractivity contribution in [3.8, 4) is 11.6 Å². The predicted molar refractivity (Wildman–Crippen MR) is 149 cm³/mol. The van der Waals surface area contributed by atoms with E-state index >= 15 is 0 Å². The second-order valence-corrected chi connectivity index (χ2v) is 9.37. The average Bonchev–Trinajstić information content (AvgIpc) is 3.47. The standard InChI is InChI=1S/C27H26ClFN8O3/c1-3-25(38)37-9-8-19(13-37)36(2)23-7-5-21-26(35-23)27(33-16-32-21)34-17-4-6-22(20(28)10-17)39-14-18-11-31-24(12-30-18)40-15-29/h3-7,10-12,16,19H,1,8-9,13-15H2,2H3,(H,32,33,34). The number of fused-ring (bicyclic) bond motifs is 1. The highest BCUT2D eigenvalue weighted by molar-refractivity contribution is 6.32. The summed E-state index contributed by atoms with van der Waals surface area (Å²) in [6.45, 7) is 4.01. The Morgan fingerprint density at radius 1 is 1.23 bits per heavy atom. The molecule has 0 bridgehead atoms. The molecule has 40 heavy (non-hydrogen) atoms. The van der Waals surface area contributed by atoms with Crippen LogP contribution in [0.15, 0.2) is 61.7 Å². The number of ether oxygens (including phenoxy) is 2. The minimum absolute atomic E-state index is 0.0649. The van der Waals surface area contributed by atoms with Crippen LogP contribution in [0.1, 0.15) is 12.1 Å². The van der Waals surface area contributed by atoms with Crippen LogP contribution in [0.3, 0.4) is 0 Å². The van der Waals surface area contributed by atoms with Crippen molar-refractivity contribution in [3.05, 3.63) is 72.4 Å². The van der Waals surface area contributed by atoms with Gasteiger partial charge >= 0.3 is 0 Å². The van der Waals surface area contributed by atoms with Crippen molar-refractivity contribution >= 4 is 45.9 Å². The molecule has 1 amide bonds. The van der Waals surface area contributed by atoms with E-state index in [9.17, 15) is 9.18 Å². The highest BCUT2D eigenvalue weighted by Gasteiger charge is 2.28. The number of likely N-dealkylation sites (tertiary alicyclic amines) is 1. The zero-order valence-electron chi connectivity index (χ0n) is 21.6. The van der Waals surface area contributed by atoms with E-state index in [2.05, 4.69) is 41.5 Å². The summed E-state index contributed by atoms with van der Waals surface area (Å²) < 4.78 is 22.6. The molecule has 1 atom stereocenters. The van der Waals surface area contributed by atoms with Crippen molar-refractivity contribution in [2.45, 2.75) is 19.1 Å². The van der Waals surface area contributed by atoms with Crippen molar-refractivity contribution in [2.24, 2.45) is 0 Å². The summed E-state index contributed by atoms with van der Waals surface area (Å²) in [5.41, 5.74) is 2.49. The van der Waals surface area contributed by atoms with Crippen LogP contribution >= 0.6 is 11.6 Å². The van der Waals surface area contributed by atoms with Crippen molar-refractivity contribution in [1.29, 1.82) is 0 Å². The van der Waals surface area contributed by atoms with Crippen molar-refractivity contribution in [3.63, 3.8) is 0 Å². The topological polar surface area (TPSA) is 118 Å². The lowest BCUT2D eigenvalue weighted by Gasteiger charge is -2.26. The van der Waals surface area contributed by atoms with Crippen molar-refractivity contribution in [1.82, 2.24) is 29.8 Å². The Hall–Kier alpha value is -4.58. The molecule has 5 rings (SSSR count). The molecule has 1 saturated heterocycles. The predicted octanol–water partition coefficient (Wildman–Crippen LogP) is 4.32. The lowest BCUT2D eigenvalue weighted by Crippen LogP contribution is -2.36. The third kappa shape index (κ3) is 6.01. The van der Waals surface area contributed by atoms with Gasteiger partial charge in [0.2, 0.25) is 18.6 Å². The molecule has 0 aliphatic carbocycles. The number of anilines is 3. The maximum atomic E-state index is 12.2. The van der Waals surface area contributed by atoms with E-state index in [0.29, 0.717) is 52.1 Å². The second kappa shape index (κ2) is 12.1. The van der Waals surface area contributed by atoms with E-state index in [-0.39, 0.29) is 24.4 Å². The molecule has 0 saturated carbocycles.